The first kappa shape index (κ1) is 18.3. The highest BCUT2D eigenvalue weighted by Gasteiger charge is 2.29. The summed E-state index contributed by atoms with van der Waals surface area (Å²) >= 11 is 0. The van der Waals surface area contributed by atoms with Gasteiger partial charge >= 0.3 is 0 Å². The van der Waals surface area contributed by atoms with Crippen molar-refractivity contribution < 1.29 is 4.42 Å². The molecule has 0 bridgehead atoms. The maximum Gasteiger partial charge on any atom is 0.177 e. The van der Waals surface area contributed by atoms with Crippen molar-refractivity contribution in [1.29, 1.82) is 0 Å². The first-order valence-electron chi connectivity index (χ1n) is 10.2. The lowest BCUT2D eigenvalue weighted by atomic mass is 10.0. The summed E-state index contributed by atoms with van der Waals surface area (Å²) < 4.78 is 8.02. The fourth-order valence-corrected chi connectivity index (χ4v) is 4.19. The lowest BCUT2D eigenvalue weighted by molar-refractivity contribution is 0.298. The highest BCUT2D eigenvalue weighted by molar-refractivity contribution is 5.77. The standard InChI is InChI=1S/C22H26N6O/c1-26(2)11-12-28-22-21(23-8-9-24-22)20(25-28)17-7-10-27(14-17)15-18-13-16-5-3-4-6-19(16)29-18/h3-6,8-9,13,17H,7,10-12,14-15H2,1-2H3/t17-/m0/s1. The Labute approximate surface area is 169 Å². The molecular formula is C22H26N6O. The van der Waals surface area contributed by atoms with Crippen LogP contribution in [-0.2, 0) is 13.1 Å². The van der Waals surface area contributed by atoms with E-state index in [-0.39, 0.29) is 0 Å². The Morgan fingerprint density at radius 1 is 1.17 bits per heavy atom. The number of para-hydroxylation sites is 1. The lowest BCUT2D eigenvalue weighted by Gasteiger charge is -2.13. The van der Waals surface area contributed by atoms with E-state index in [9.17, 15) is 0 Å². The van der Waals surface area contributed by atoms with Gasteiger partial charge in [0.2, 0.25) is 0 Å². The zero-order valence-corrected chi connectivity index (χ0v) is 17.0. The van der Waals surface area contributed by atoms with Crippen LogP contribution in [0.4, 0.5) is 0 Å². The van der Waals surface area contributed by atoms with Gasteiger partial charge in [0.1, 0.15) is 16.9 Å². The van der Waals surface area contributed by atoms with Crippen molar-refractivity contribution in [1.82, 2.24) is 29.5 Å². The van der Waals surface area contributed by atoms with E-state index >= 15 is 0 Å². The fraction of sp³-hybridized carbons (Fsp3) is 0.409. The Hall–Kier alpha value is -2.77. The number of furan rings is 1. The molecule has 3 aromatic heterocycles. The number of likely N-dealkylation sites (N-methyl/N-ethyl adjacent to an activating group) is 1. The SMILES string of the molecule is CN(C)CCn1nc([C@H]2CCN(Cc3cc4ccccc4o3)C2)c2nccnc21. The van der Waals surface area contributed by atoms with Gasteiger partial charge in [-0.3, -0.25) is 4.90 Å². The van der Waals surface area contributed by atoms with E-state index in [1.165, 1.54) is 5.39 Å². The molecule has 0 spiro atoms. The zero-order valence-electron chi connectivity index (χ0n) is 17.0. The predicted molar refractivity (Wildman–Crippen MR) is 113 cm³/mol. The van der Waals surface area contributed by atoms with Gasteiger partial charge in [0.25, 0.3) is 0 Å². The van der Waals surface area contributed by atoms with Crippen molar-refractivity contribution in [3.63, 3.8) is 0 Å². The third-order valence-corrected chi connectivity index (χ3v) is 5.67. The molecule has 4 aromatic rings. The summed E-state index contributed by atoms with van der Waals surface area (Å²) in [5.74, 6) is 1.40. The molecule has 0 N–H and O–H groups in total. The van der Waals surface area contributed by atoms with Crippen LogP contribution < -0.4 is 0 Å². The first-order valence-corrected chi connectivity index (χ1v) is 10.2. The second-order valence-electron chi connectivity index (χ2n) is 8.11. The summed E-state index contributed by atoms with van der Waals surface area (Å²) in [4.78, 5) is 13.8. The highest BCUT2D eigenvalue weighted by atomic mass is 16.3. The van der Waals surface area contributed by atoms with E-state index in [1.807, 2.05) is 22.9 Å². The Morgan fingerprint density at radius 3 is 2.90 bits per heavy atom. The molecule has 5 rings (SSSR count). The van der Waals surface area contributed by atoms with Gasteiger partial charge in [0, 0.05) is 36.8 Å². The molecule has 1 aliphatic rings. The molecule has 0 aliphatic carbocycles. The van der Waals surface area contributed by atoms with Crippen LogP contribution in [0.3, 0.4) is 0 Å². The zero-order chi connectivity index (χ0) is 19.8. The van der Waals surface area contributed by atoms with Crippen molar-refractivity contribution >= 4 is 22.1 Å². The van der Waals surface area contributed by atoms with Gasteiger partial charge in [0.15, 0.2) is 5.65 Å². The highest BCUT2D eigenvalue weighted by Crippen LogP contribution is 2.31. The molecule has 0 saturated carbocycles. The van der Waals surface area contributed by atoms with Crippen molar-refractivity contribution in [2.45, 2.75) is 25.4 Å². The van der Waals surface area contributed by atoms with Gasteiger partial charge in [0.05, 0.1) is 18.8 Å². The molecule has 0 amide bonds. The number of aromatic nitrogens is 4. The van der Waals surface area contributed by atoms with Crippen LogP contribution in [-0.4, -0.2) is 63.3 Å². The molecule has 1 aliphatic heterocycles. The molecule has 1 atom stereocenters. The van der Waals surface area contributed by atoms with Crippen LogP contribution in [0.25, 0.3) is 22.1 Å². The van der Waals surface area contributed by atoms with Crippen molar-refractivity contribution in [2.75, 3.05) is 33.7 Å². The largest absolute Gasteiger partial charge is 0.460 e. The molecule has 7 nitrogen and oxygen atoms in total. The van der Waals surface area contributed by atoms with Crippen LogP contribution in [0, 0.1) is 0 Å². The van der Waals surface area contributed by atoms with Crippen LogP contribution in [0.15, 0.2) is 47.1 Å². The molecule has 0 radical (unpaired) electrons. The normalized spacial score (nSPS) is 17.8. The van der Waals surface area contributed by atoms with E-state index in [4.69, 9.17) is 9.52 Å². The third-order valence-electron chi connectivity index (χ3n) is 5.67. The Kier molecular flexibility index (Phi) is 4.77. The smallest absolute Gasteiger partial charge is 0.177 e. The van der Waals surface area contributed by atoms with E-state index in [0.717, 1.165) is 67.3 Å². The van der Waals surface area contributed by atoms with E-state index in [0.29, 0.717) is 5.92 Å². The average Bonchev–Trinajstić information content (AvgIpc) is 3.42. The summed E-state index contributed by atoms with van der Waals surface area (Å²) in [6.45, 7) is 4.57. The number of hydrogen-bond donors (Lipinski definition) is 0. The molecular weight excluding hydrogens is 364 g/mol. The summed E-state index contributed by atoms with van der Waals surface area (Å²) in [6, 6.07) is 10.3. The Balaban J connectivity index is 1.34. The average molecular weight is 390 g/mol. The summed E-state index contributed by atoms with van der Waals surface area (Å²) in [7, 11) is 4.15. The maximum atomic E-state index is 6.01. The second-order valence-corrected chi connectivity index (χ2v) is 8.11. The summed E-state index contributed by atoms with van der Waals surface area (Å²) in [6.07, 6.45) is 4.60. The molecule has 1 fully saturated rings. The van der Waals surface area contributed by atoms with Gasteiger partial charge < -0.3 is 9.32 Å². The quantitative estimate of drug-likeness (QED) is 0.504. The van der Waals surface area contributed by atoms with Crippen LogP contribution in [0.1, 0.15) is 23.8 Å². The van der Waals surface area contributed by atoms with Gasteiger partial charge in [-0.05, 0) is 39.2 Å². The van der Waals surface area contributed by atoms with Gasteiger partial charge in [-0.2, -0.15) is 5.10 Å². The fourth-order valence-electron chi connectivity index (χ4n) is 4.19. The van der Waals surface area contributed by atoms with E-state index < -0.39 is 0 Å². The topological polar surface area (TPSA) is 63.2 Å². The summed E-state index contributed by atoms with van der Waals surface area (Å²) in [5, 5.41) is 6.10. The monoisotopic (exact) mass is 390 g/mol. The summed E-state index contributed by atoms with van der Waals surface area (Å²) in [5.41, 5.74) is 3.88. The number of hydrogen-bond acceptors (Lipinski definition) is 6. The number of fused-ring (bicyclic) bond motifs is 2. The minimum Gasteiger partial charge on any atom is -0.460 e. The number of likely N-dealkylation sites (tertiary alicyclic amines) is 1. The first-order chi connectivity index (χ1) is 14.2. The number of benzene rings is 1. The molecule has 0 unspecified atom stereocenters. The van der Waals surface area contributed by atoms with Crippen LogP contribution in [0.2, 0.25) is 0 Å². The predicted octanol–water partition coefficient (Wildman–Crippen LogP) is 3.12. The van der Waals surface area contributed by atoms with Crippen molar-refractivity contribution in [2.24, 2.45) is 0 Å². The maximum absolute atomic E-state index is 6.01. The van der Waals surface area contributed by atoms with Gasteiger partial charge in [-0.25, -0.2) is 14.6 Å². The second kappa shape index (κ2) is 7.57. The van der Waals surface area contributed by atoms with Crippen molar-refractivity contribution in [3.8, 4) is 0 Å². The molecule has 150 valence electrons. The van der Waals surface area contributed by atoms with E-state index in [1.54, 1.807) is 12.4 Å². The number of nitrogens with zero attached hydrogens (tertiary/aromatic N) is 6. The van der Waals surface area contributed by atoms with Crippen molar-refractivity contribution in [3.05, 3.63) is 54.2 Å². The lowest BCUT2D eigenvalue weighted by Crippen LogP contribution is -2.20. The molecule has 7 heteroatoms. The van der Waals surface area contributed by atoms with Crippen LogP contribution >= 0.6 is 0 Å². The minimum atomic E-state index is 0.374. The van der Waals surface area contributed by atoms with Gasteiger partial charge in [-0.15, -0.1) is 0 Å². The third kappa shape index (κ3) is 3.63. The van der Waals surface area contributed by atoms with Crippen LogP contribution in [0.5, 0.6) is 0 Å². The van der Waals surface area contributed by atoms with Gasteiger partial charge in [-0.1, -0.05) is 18.2 Å². The van der Waals surface area contributed by atoms with E-state index in [2.05, 4.69) is 46.0 Å². The molecule has 1 saturated heterocycles. The molecule has 29 heavy (non-hydrogen) atoms. The Morgan fingerprint density at radius 2 is 2.03 bits per heavy atom. The Bertz CT molecular complexity index is 1100. The number of rotatable bonds is 6. The molecule has 1 aromatic carbocycles. The molecule has 4 heterocycles. The minimum absolute atomic E-state index is 0.374.